The molecule has 0 radical (unpaired) electrons. The molecule has 20 heavy (non-hydrogen) atoms. The van der Waals surface area contributed by atoms with Crippen LogP contribution in [0.3, 0.4) is 0 Å². The molecule has 3 nitrogen and oxygen atoms in total. The molecule has 3 heteroatoms. The van der Waals surface area contributed by atoms with Crippen LogP contribution in [0.1, 0.15) is 55.4 Å². The molecule has 0 amide bonds. The number of carbonyl (C=O) groups is 2. The lowest BCUT2D eigenvalue weighted by molar-refractivity contribution is -0.169. The minimum absolute atomic E-state index is 0.112. The summed E-state index contributed by atoms with van der Waals surface area (Å²) < 4.78 is 5.55. The third-order valence-electron chi connectivity index (χ3n) is 3.71. The van der Waals surface area contributed by atoms with Crippen molar-refractivity contribution < 1.29 is 14.3 Å². The van der Waals surface area contributed by atoms with Crippen molar-refractivity contribution in [1.82, 2.24) is 0 Å². The van der Waals surface area contributed by atoms with Gasteiger partial charge in [0, 0.05) is 12.3 Å². The first-order chi connectivity index (χ1) is 8.81. The summed E-state index contributed by atoms with van der Waals surface area (Å²) in [4.78, 5) is 24.3. The number of hydrogen-bond donors (Lipinski definition) is 0. The molecule has 0 aliphatic heterocycles. The minimum Gasteiger partial charge on any atom is -0.446 e. The van der Waals surface area contributed by atoms with Gasteiger partial charge in [-0.3, -0.25) is 9.59 Å². The Bertz CT molecular complexity index is 495. The summed E-state index contributed by atoms with van der Waals surface area (Å²) in [5, 5.41) is 0. The minimum atomic E-state index is -1.22. The maximum atomic E-state index is 12.7. The lowest BCUT2D eigenvalue weighted by Crippen LogP contribution is -2.53. The highest BCUT2D eigenvalue weighted by Crippen LogP contribution is 2.44. The quantitative estimate of drug-likeness (QED) is 0.684. The van der Waals surface area contributed by atoms with Crippen molar-refractivity contribution in [3.05, 3.63) is 23.3 Å². The van der Waals surface area contributed by atoms with E-state index in [0.717, 1.165) is 5.57 Å². The lowest BCUT2D eigenvalue weighted by atomic mass is 9.66. The number of ketones is 1. The van der Waals surface area contributed by atoms with E-state index >= 15 is 0 Å². The Morgan fingerprint density at radius 1 is 1.15 bits per heavy atom. The zero-order chi connectivity index (χ0) is 15.9. The van der Waals surface area contributed by atoms with Crippen LogP contribution in [0.4, 0.5) is 0 Å². The van der Waals surface area contributed by atoms with Gasteiger partial charge in [0.15, 0.2) is 5.60 Å². The van der Waals surface area contributed by atoms with Crippen LogP contribution in [0.15, 0.2) is 23.3 Å². The van der Waals surface area contributed by atoms with Gasteiger partial charge in [-0.05, 0) is 29.6 Å². The predicted molar refractivity (Wildman–Crippen MR) is 80.3 cm³/mol. The summed E-state index contributed by atoms with van der Waals surface area (Å²) in [7, 11) is 0. The molecule has 0 saturated carbocycles. The van der Waals surface area contributed by atoms with Gasteiger partial charge in [-0.1, -0.05) is 47.6 Å². The summed E-state index contributed by atoms with van der Waals surface area (Å²) in [6.07, 6.45) is 3.74. The van der Waals surface area contributed by atoms with Gasteiger partial charge >= 0.3 is 5.97 Å². The van der Waals surface area contributed by atoms with Gasteiger partial charge in [-0.25, -0.2) is 0 Å². The largest absolute Gasteiger partial charge is 0.446 e. The lowest BCUT2D eigenvalue weighted by Gasteiger charge is -2.43. The first-order valence-corrected chi connectivity index (χ1v) is 6.97. The zero-order valence-electron chi connectivity index (χ0n) is 13.9. The van der Waals surface area contributed by atoms with Crippen LogP contribution in [0.2, 0.25) is 0 Å². The Kier molecular flexibility index (Phi) is 4.06. The fraction of sp³-hybridized carbons (Fsp3) is 0.647. The molecule has 0 aromatic carbocycles. The molecular formula is C17H26O3. The average Bonchev–Trinajstić information content (AvgIpc) is 2.20. The number of hydrogen-bond acceptors (Lipinski definition) is 3. The van der Waals surface area contributed by atoms with Gasteiger partial charge in [-0.15, -0.1) is 0 Å². The van der Waals surface area contributed by atoms with Crippen LogP contribution in [0, 0.1) is 10.8 Å². The third kappa shape index (κ3) is 2.87. The van der Waals surface area contributed by atoms with E-state index in [1.54, 1.807) is 6.92 Å². The van der Waals surface area contributed by atoms with Crippen molar-refractivity contribution in [1.29, 1.82) is 0 Å². The molecule has 0 aromatic rings. The number of carbonyl (C=O) groups excluding carboxylic acids is 2. The second kappa shape index (κ2) is 4.87. The van der Waals surface area contributed by atoms with E-state index in [1.165, 1.54) is 6.92 Å². The van der Waals surface area contributed by atoms with Crippen molar-refractivity contribution in [3.8, 4) is 0 Å². The van der Waals surface area contributed by atoms with Crippen LogP contribution in [-0.2, 0) is 14.3 Å². The summed E-state index contributed by atoms with van der Waals surface area (Å²) >= 11 is 0. The molecule has 1 aliphatic rings. The van der Waals surface area contributed by atoms with E-state index in [4.69, 9.17) is 4.74 Å². The van der Waals surface area contributed by atoms with Crippen LogP contribution >= 0.6 is 0 Å². The Hall–Kier alpha value is -1.38. The van der Waals surface area contributed by atoms with Crippen molar-refractivity contribution >= 4 is 11.8 Å². The Morgan fingerprint density at radius 2 is 1.65 bits per heavy atom. The van der Waals surface area contributed by atoms with Crippen LogP contribution in [-0.4, -0.2) is 17.4 Å². The molecule has 0 fully saturated rings. The average molecular weight is 278 g/mol. The maximum absolute atomic E-state index is 12.7. The Balaban J connectivity index is 3.57. The predicted octanol–water partition coefficient (Wildman–Crippen LogP) is 3.84. The van der Waals surface area contributed by atoms with E-state index in [2.05, 4.69) is 20.8 Å². The molecule has 1 rings (SSSR count). The van der Waals surface area contributed by atoms with E-state index in [1.807, 2.05) is 32.9 Å². The van der Waals surface area contributed by atoms with Crippen LogP contribution in [0.25, 0.3) is 0 Å². The fourth-order valence-corrected chi connectivity index (χ4v) is 2.36. The highest BCUT2D eigenvalue weighted by Gasteiger charge is 2.52. The molecule has 1 unspecified atom stereocenters. The second-order valence-corrected chi connectivity index (χ2v) is 7.59. The van der Waals surface area contributed by atoms with E-state index in [0.29, 0.717) is 5.57 Å². The monoisotopic (exact) mass is 278 g/mol. The molecular weight excluding hydrogens is 252 g/mol. The van der Waals surface area contributed by atoms with Crippen molar-refractivity contribution in [2.24, 2.45) is 10.8 Å². The maximum Gasteiger partial charge on any atom is 0.303 e. The zero-order valence-corrected chi connectivity index (χ0v) is 13.9. The van der Waals surface area contributed by atoms with E-state index < -0.39 is 17.0 Å². The summed E-state index contributed by atoms with van der Waals surface area (Å²) in [6, 6.07) is 0. The van der Waals surface area contributed by atoms with Gasteiger partial charge in [-0.2, -0.15) is 0 Å². The van der Waals surface area contributed by atoms with Gasteiger partial charge in [0.1, 0.15) is 0 Å². The SMILES string of the molecule is CC(=O)OC1(C(C)(C)C)C=C(C(C)(C)C)C=C(C)C1=O. The van der Waals surface area contributed by atoms with Crippen LogP contribution < -0.4 is 0 Å². The number of esters is 1. The van der Waals surface area contributed by atoms with E-state index in [-0.39, 0.29) is 11.2 Å². The molecule has 0 N–H and O–H groups in total. The molecule has 0 heterocycles. The molecule has 1 atom stereocenters. The summed E-state index contributed by atoms with van der Waals surface area (Å²) in [5.41, 5.74) is -0.194. The normalized spacial score (nSPS) is 24.1. The van der Waals surface area contributed by atoms with Gasteiger partial charge in [0.2, 0.25) is 5.78 Å². The van der Waals surface area contributed by atoms with E-state index in [9.17, 15) is 9.59 Å². The number of allylic oxidation sites excluding steroid dienone is 2. The standard InChI is InChI=1S/C17H26O3/c1-11-9-13(15(3,4)5)10-17(14(11)19,16(6,7)8)20-12(2)18/h9-10H,1-8H3. The number of Topliss-reactive ketones (excluding diaryl/α,β-unsaturated/α-hetero) is 1. The second-order valence-electron chi connectivity index (χ2n) is 7.59. The van der Waals surface area contributed by atoms with Crippen molar-refractivity contribution in [2.45, 2.75) is 61.0 Å². The molecule has 112 valence electrons. The third-order valence-corrected chi connectivity index (χ3v) is 3.71. The summed E-state index contributed by atoms with van der Waals surface area (Å²) in [5.74, 6) is -0.569. The molecule has 1 aliphatic carbocycles. The van der Waals surface area contributed by atoms with Crippen molar-refractivity contribution in [3.63, 3.8) is 0 Å². The molecule has 0 saturated heterocycles. The van der Waals surface area contributed by atoms with Gasteiger partial charge in [0.05, 0.1) is 0 Å². The molecule has 0 aromatic heterocycles. The highest BCUT2D eigenvalue weighted by molar-refractivity contribution is 6.06. The van der Waals surface area contributed by atoms with Gasteiger partial charge in [0.25, 0.3) is 0 Å². The Labute approximate surface area is 122 Å². The number of rotatable bonds is 1. The molecule has 0 bridgehead atoms. The fourth-order valence-electron chi connectivity index (χ4n) is 2.36. The Morgan fingerprint density at radius 3 is 2.00 bits per heavy atom. The smallest absolute Gasteiger partial charge is 0.303 e. The first-order valence-electron chi connectivity index (χ1n) is 6.97. The molecule has 0 spiro atoms. The first kappa shape index (κ1) is 16.7. The topological polar surface area (TPSA) is 43.4 Å². The van der Waals surface area contributed by atoms with Gasteiger partial charge < -0.3 is 4.74 Å². The van der Waals surface area contributed by atoms with Crippen molar-refractivity contribution in [2.75, 3.05) is 0 Å². The summed E-state index contributed by atoms with van der Waals surface area (Å²) in [6.45, 7) is 15.1. The number of ether oxygens (including phenoxy) is 1. The highest BCUT2D eigenvalue weighted by atomic mass is 16.6. The van der Waals surface area contributed by atoms with Crippen LogP contribution in [0.5, 0.6) is 0 Å².